The first-order valence-electron chi connectivity index (χ1n) is 9.42. The summed E-state index contributed by atoms with van der Waals surface area (Å²) in [5.41, 5.74) is 6.33. The Hall–Kier alpha value is -3.46. The van der Waals surface area contributed by atoms with E-state index in [2.05, 4.69) is 20.5 Å². The van der Waals surface area contributed by atoms with Crippen molar-refractivity contribution in [2.75, 3.05) is 12.9 Å². The van der Waals surface area contributed by atoms with Gasteiger partial charge in [-0.05, 0) is 56.7 Å². The first-order valence-corrected chi connectivity index (χ1v) is 10.4. The second-order valence-corrected chi connectivity index (χ2v) is 7.68. The van der Waals surface area contributed by atoms with Crippen molar-refractivity contribution in [3.8, 4) is 11.3 Å². The number of thioether (sulfide) groups is 1. The number of aromatic nitrogens is 2. The van der Waals surface area contributed by atoms with Crippen LogP contribution in [0, 0.1) is 20.8 Å². The van der Waals surface area contributed by atoms with Crippen LogP contribution in [0.5, 0.6) is 0 Å². The maximum atomic E-state index is 12.0. The van der Waals surface area contributed by atoms with Crippen LogP contribution in [0.3, 0.4) is 0 Å². The Kier molecular flexibility index (Phi) is 7.19. The standard InChI is InChI=1S/C22H22N4O4S/c1-13-5-6-16(21(28)29-4)10-18(13)19-8-7-17(30-19)11-23-26-20(27)12-31-22-24-14(2)9-15(3)25-22/h5-11H,12H2,1-4H3,(H,26,27)/b23-11-. The van der Waals surface area contributed by atoms with Crippen LogP contribution in [0.1, 0.15) is 33.1 Å². The average Bonchev–Trinajstić information content (AvgIpc) is 3.20. The summed E-state index contributed by atoms with van der Waals surface area (Å²) in [5, 5.41) is 4.48. The number of methoxy groups -OCH3 is 1. The quantitative estimate of drug-likeness (QED) is 0.197. The predicted octanol–water partition coefficient (Wildman–Crippen LogP) is 3.69. The van der Waals surface area contributed by atoms with Crippen molar-refractivity contribution in [2.45, 2.75) is 25.9 Å². The molecule has 1 amide bonds. The van der Waals surface area contributed by atoms with Crippen LogP contribution in [0.4, 0.5) is 0 Å². The van der Waals surface area contributed by atoms with Gasteiger partial charge in [0.15, 0.2) is 5.16 Å². The molecule has 9 heteroatoms. The summed E-state index contributed by atoms with van der Waals surface area (Å²) in [6, 6.07) is 10.6. The van der Waals surface area contributed by atoms with Crippen LogP contribution in [-0.2, 0) is 9.53 Å². The molecule has 160 valence electrons. The Morgan fingerprint density at radius 3 is 2.58 bits per heavy atom. The van der Waals surface area contributed by atoms with Crippen molar-refractivity contribution in [2.24, 2.45) is 5.10 Å². The highest BCUT2D eigenvalue weighted by Gasteiger charge is 2.12. The zero-order chi connectivity index (χ0) is 22.4. The van der Waals surface area contributed by atoms with Crippen LogP contribution in [0.15, 0.2) is 51.1 Å². The van der Waals surface area contributed by atoms with E-state index >= 15 is 0 Å². The third kappa shape index (κ3) is 6.02. The van der Waals surface area contributed by atoms with Crippen LogP contribution in [0.25, 0.3) is 11.3 Å². The van der Waals surface area contributed by atoms with E-state index in [9.17, 15) is 9.59 Å². The minimum Gasteiger partial charge on any atom is -0.465 e. The van der Waals surface area contributed by atoms with Crippen LogP contribution >= 0.6 is 11.8 Å². The average molecular weight is 439 g/mol. The monoisotopic (exact) mass is 438 g/mol. The van der Waals surface area contributed by atoms with Crippen molar-refractivity contribution in [1.29, 1.82) is 0 Å². The molecule has 0 saturated carbocycles. The molecule has 3 rings (SSSR count). The van der Waals surface area contributed by atoms with Gasteiger partial charge in [0.2, 0.25) is 0 Å². The number of hydrazone groups is 1. The Labute approximate surface area is 184 Å². The van der Waals surface area contributed by atoms with Crippen LogP contribution < -0.4 is 5.43 Å². The van der Waals surface area contributed by atoms with Gasteiger partial charge in [-0.3, -0.25) is 4.79 Å². The number of nitrogens with one attached hydrogen (secondary N) is 1. The molecule has 0 radical (unpaired) electrons. The summed E-state index contributed by atoms with van der Waals surface area (Å²) in [5.74, 6) is 0.490. The molecule has 3 aromatic rings. The van der Waals surface area contributed by atoms with Crippen LogP contribution in [0.2, 0.25) is 0 Å². The minimum absolute atomic E-state index is 0.142. The number of rotatable bonds is 7. The Bertz CT molecular complexity index is 1120. The molecular weight excluding hydrogens is 416 g/mol. The second-order valence-electron chi connectivity index (χ2n) is 6.74. The highest BCUT2D eigenvalue weighted by Crippen LogP contribution is 2.26. The highest BCUT2D eigenvalue weighted by molar-refractivity contribution is 7.99. The van der Waals surface area contributed by atoms with Gasteiger partial charge in [0.25, 0.3) is 5.91 Å². The first-order chi connectivity index (χ1) is 14.9. The van der Waals surface area contributed by atoms with Gasteiger partial charge in [-0.1, -0.05) is 17.8 Å². The summed E-state index contributed by atoms with van der Waals surface area (Å²) in [4.78, 5) is 32.3. The van der Waals surface area contributed by atoms with Gasteiger partial charge in [0, 0.05) is 17.0 Å². The van der Waals surface area contributed by atoms with E-state index in [1.165, 1.54) is 25.1 Å². The number of benzene rings is 1. The molecule has 0 atom stereocenters. The number of nitrogens with zero attached hydrogens (tertiary/aromatic N) is 3. The SMILES string of the molecule is COC(=O)c1ccc(C)c(-c2ccc(/C=N\NC(=O)CSc3nc(C)cc(C)n3)o2)c1. The van der Waals surface area contributed by atoms with E-state index in [1.807, 2.05) is 32.9 Å². The van der Waals surface area contributed by atoms with Gasteiger partial charge in [-0.2, -0.15) is 5.10 Å². The molecule has 0 unspecified atom stereocenters. The number of ether oxygens (including phenoxy) is 1. The normalized spacial score (nSPS) is 11.0. The lowest BCUT2D eigenvalue weighted by Crippen LogP contribution is -2.19. The molecular formula is C22H22N4O4S. The molecule has 0 aliphatic rings. The number of carbonyl (C=O) groups excluding carboxylic acids is 2. The number of carbonyl (C=O) groups is 2. The lowest BCUT2D eigenvalue weighted by Gasteiger charge is -2.05. The second kappa shape index (κ2) is 10.0. The molecule has 0 spiro atoms. The van der Waals surface area contributed by atoms with E-state index < -0.39 is 5.97 Å². The molecule has 8 nitrogen and oxygen atoms in total. The number of esters is 1. The Morgan fingerprint density at radius 2 is 1.87 bits per heavy atom. The number of hydrogen-bond donors (Lipinski definition) is 1. The zero-order valence-electron chi connectivity index (χ0n) is 17.6. The van der Waals surface area contributed by atoms with Crippen LogP contribution in [-0.4, -0.2) is 40.9 Å². The molecule has 1 N–H and O–H groups in total. The molecule has 0 fully saturated rings. The fraction of sp³-hybridized carbons (Fsp3) is 0.227. The molecule has 31 heavy (non-hydrogen) atoms. The lowest BCUT2D eigenvalue weighted by atomic mass is 10.0. The van der Waals surface area contributed by atoms with Crippen molar-refractivity contribution < 1.29 is 18.7 Å². The largest absolute Gasteiger partial charge is 0.465 e. The topological polar surface area (TPSA) is 107 Å². The third-order valence-corrected chi connectivity index (χ3v) is 5.07. The van der Waals surface area contributed by atoms with Gasteiger partial charge in [-0.15, -0.1) is 0 Å². The van der Waals surface area contributed by atoms with Gasteiger partial charge >= 0.3 is 5.97 Å². The number of amides is 1. The fourth-order valence-electron chi connectivity index (χ4n) is 2.79. The first kappa shape index (κ1) is 22.2. The van der Waals surface area contributed by atoms with E-state index in [0.717, 1.165) is 22.5 Å². The lowest BCUT2D eigenvalue weighted by molar-refractivity contribution is -0.118. The van der Waals surface area contributed by atoms with E-state index in [1.54, 1.807) is 24.3 Å². The van der Waals surface area contributed by atoms with E-state index in [4.69, 9.17) is 9.15 Å². The molecule has 0 aliphatic heterocycles. The smallest absolute Gasteiger partial charge is 0.337 e. The minimum atomic E-state index is -0.415. The van der Waals surface area contributed by atoms with Crippen molar-refractivity contribution in [1.82, 2.24) is 15.4 Å². The van der Waals surface area contributed by atoms with E-state index in [-0.39, 0.29) is 11.7 Å². The summed E-state index contributed by atoms with van der Waals surface area (Å²) >= 11 is 1.24. The summed E-state index contributed by atoms with van der Waals surface area (Å²) in [7, 11) is 1.34. The van der Waals surface area contributed by atoms with Gasteiger partial charge in [-0.25, -0.2) is 20.2 Å². The third-order valence-electron chi connectivity index (χ3n) is 4.23. The van der Waals surface area contributed by atoms with Gasteiger partial charge in [0.05, 0.1) is 24.6 Å². The molecule has 0 saturated heterocycles. The number of hydrogen-bond acceptors (Lipinski definition) is 8. The van der Waals surface area contributed by atoms with Gasteiger partial charge < -0.3 is 9.15 Å². The maximum Gasteiger partial charge on any atom is 0.337 e. The summed E-state index contributed by atoms with van der Waals surface area (Å²) in [6.45, 7) is 5.69. The van der Waals surface area contributed by atoms with Crippen molar-refractivity contribution >= 4 is 29.9 Å². The van der Waals surface area contributed by atoms with Crippen molar-refractivity contribution in [3.05, 3.63) is 64.7 Å². The maximum absolute atomic E-state index is 12.0. The summed E-state index contributed by atoms with van der Waals surface area (Å²) < 4.78 is 10.5. The Morgan fingerprint density at radius 1 is 1.13 bits per heavy atom. The molecule has 2 aromatic heterocycles. The summed E-state index contributed by atoms with van der Waals surface area (Å²) in [6.07, 6.45) is 1.42. The highest BCUT2D eigenvalue weighted by atomic mass is 32.2. The predicted molar refractivity (Wildman–Crippen MR) is 118 cm³/mol. The van der Waals surface area contributed by atoms with E-state index in [0.29, 0.717) is 22.2 Å². The molecule has 1 aromatic carbocycles. The zero-order valence-corrected chi connectivity index (χ0v) is 18.4. The van der Waals surface area contributed by atoms with Crippen molar-refractivity contribution in [3.63, 3.8) is 0 Å². The number of aryl methyl sites for hydroxylation is 3. The number of furan rings is 1. The fourth-order valence-corrected chi connectivity index (χ4v) is 3.53. The molecule has 0 aliphatic carbocycles. The molecule has 2 heterocycles. The molecule has 0 bridgehead atoms. The van der Waals surface area contributed by atoms with Gasteiger partial charge in [0.1, 0.15) is 11.5 Å². The Balaban J connectivity index is 1.59.